The van der Waals surface area contributed by atoms with Crippen molar-refractivity contribution in [1.82, 2.24) is 0 Å². The number of rotatable bonds is 10. The summed E-state index contributed by atoms with van der Waals surface area (Å²) in [6.07, 6.45) is 14.6. The standard InChI is InChI=1S/C23H36O2/c1-3-5-6-7-8-9-19-10-12-20(13-11-19)21-14-16-22(17-15-21)23(24)25-18-4-2/h14-17,19-20H,3-13,18H2,1-2H3. The molecule has 0 radical (unpaired) electrons. The second-order valence-electron chi connectivity index (χ2n) is 7.68. The molecule has 1 saturated carbocycles. The number of hydrogen-bond donors (Lipinski definition) is 0. The molecule has 0 heterocycles. The molecule has 0 aliphatic heterocycles. The van der Waals surface area contributed by atoms with Gasteiger partial charge >= 0.3 is 5.97 Å². The van der Waals surface area contributed by atoms with E-state index in [1.165, 1.54) is 69.8 Å². The fraction of sp³-hybridized carbons (Fsp3) is 0.696. The van der Waals surface area contributed by atoms with E-state index in [1.54, 1.807) is 0 Å². The summed E-state index contributed by atoms with van der Waals surface area (Å²) in [5.74, 6) is 1.43. The van der Waals surface area contributed by atoms with Crippen LogP contribution >= 0.6 is 0 Å². The predicted molar refractivity (Wildman–Crippen MR) is 105 cm³/mol. The highest BCUT2D eigenvalue weighted by Crippen LogP contribution is 2.37. The molecule has 2 heteroatoms. The summed E-state index contributed by atoms with van der Waals surface area (Å²) in [5, 5.41) is 0. The Labute approximate surface area is 154 Å². The van der Waals surface area contributed by atoms with Crippen molar-refractivity contribution in [3.05, 3.63) is 35.4 Å². The van der Waals surface area contributed by atoms with E-state index in [0.29, 0.717) is 18.1 Å². The zero-order valence-corrected chi connectivity index (χ0v) is 16.3. The normalized spacial score (nSPS) is 20.4. The average Bonchev–Trinajstić information content (AvgIpc) is 2.66. The fourth-order valence-electron chi connectivity index (χ4n) is 3.99. The Morgan fingerprint density at radius 1 is 0.920 bits per heavy atom. The Morgan fingerprint density at radius 3 is 2.24 bits per heavy atom. The van der Waals surface area contributed by atoms with Gasteiger partial charge in [0.25, 0.3) is 0 Å². The molecule has 0 amide bonds. The van der Waals surface area contributed by atoms with E-state index >= 15 is 0 Å². The maximum Gasteiger partial charge on any atom is 0.338 e. The maximum atomic E-state index is 11.9. The van der Waals surface area contributed by atoms with Gasteiger partial charge in [-0.05, 0) is 61.6 Å². The van der Waals surface area contributed by atoms with Gasteiger partial charge in [-0.25, -0.2) is 4.79 Å². The number of benzene rings is 1. The predicted octanol–water partition coefficient (Wildman–Crippen LogP) is 6.89. The van der Waals surface area contributed by atoms with Gasteiger partial charge in [0.05, 0.1) is 12.2 Å². The summed E-state index contributed by atoms with van der Waals surface area (Å²) < 4.78 is 5.20. The van der Waals surface area contributed by atoms with Crippen molar-refractivity contribution in [1.29, 1.82) is 0 Å². The van der Waals surface area contributed by atoms with Crippen LogP contribution in [0.5, 0.6) is 0 Å². The second-order valence-corrected chi connectivity index (χ2v) is 7.68. The molecule has 0 atom stereocenters. The molecule has 140 valence electrons. The number of unbranched alkanes of at least 4 members (excludes halogenated alkanes) is 4. The lowest BCUT2D eigenvalue weighted by molar-refractivity contribution is 0.0505. The van der Waals surface area contributed by atoms with E-state index in [0.717, 1.165) is 12.3 Å². The minimum absolute atomic E-state index is 0.194. The van der Waals surface area contributed by atoms with Gasteiger partial charge in [0.15, 0.2) is 0 Å². The largest absolute Gasteiger partial charge is 0.462 e. The summed E-state index contributed by atoms with van der Waals surface area (Å²) in [6, 6.07) is 8.15. The lowest BCUT2D eigenvalue weighted by Gasteiger charge is -2.29. The van der Waals surface area contributed by atoms with Gasteiger partial charge in [0.2, 0.25) is 0 Å². The summed E-state index contributed by atoms with van der Waals surface area (Å²) in [6.45, 7) is 4.79. The summed E-state index contributed by atoms with van der Waals surface area (Å²) in [4.78, 5) is 11.9. The highest BCUT2D eigenvalue weighted by molar-refractivity contribution is 5.89. The second kappa shape index (κ2) is 11.3. The lowest BCUT2D eigenvalue weighted by atomic mass is 9.77. The van der Waals surface area contributed by atoms with Crippen molar-refractivity contribution in [3.8, 4) is 0 Å². The Kier molecular flexibility index (Phi) is 9.07. The molecule has 0 aromatic heterocycles. The van der Waals surface area contributed by atoms with Crippen LogP contribution in [0.3, 0.4) is 0 Å². The monoisotopic (exact) mass is 344 g/mol. The van der Waals surface area contributed by atoms with Crippen LogP contribution in [0.25, 0.3) is 0 Å². The third-order valence-electron chi connectivity index (χ3n) is 5.62. The number of hydrogen-bond acceptors (Lipinski definition) is 2. The van der Waals surface area contributed by atoms with E-state index in [9.17, 15) is 4.79 Å². The van der Waals surface area contributed by atoms with Crippen LogP contribution in [0, 0.1) is 5.92 Å². The molecule has 25 heavy (non-hydrogen) atoms. The van der Waals surface area contributed by atoms with Crippen LogP contribution in [0.1, 0.15) is 106 Å². The minimum atomic E-state index is -0.194. The highest BCUT2D eigenvalue weighted by Gasteiger charge is 2.22. The molecule has 2 nitrogen and oxygen atoms in total. The molecule has 0 saturated heterocycles. The Bertz CT molecular complexity index is 483. The molecular formula is C23H36O2. The topological polar surface area (TPSA) is 26.3 Å². The number of carbonyl (C=O) groups excluding carboxylic acids is 1. The van der Waals surface area contributed by atoms with Crippen LogP contribution in [0.15, 0.2) is 24.3 Å². The first-order valence-electron chi connectivity index (χ1n) is 10.5. The van der Waals surface area contributed by atoms with Gasteiger partial charge in [0.1, 0.15) is 0 Å². The Hall–Kier alpha value is -1.31. The zero-order chi connectivity index (χ0) is 17.9. The van der Waals surface area contributed by atoms with Crippen molar-refractivity contribution >= 4 is 5.97 Å². The van der Waals surface area contributed by atoms with Crippen molar-refractivity contribution in [2.75, 3.05) is 6.61 Å². The maximum absolute atomic E-state index is 11.9. The third-order valence-corrected chi connectivity index (χ3v) is 5.62. The quantitative estimate of drug-likeness (QED) is 0.341. The molecule has 2 rings (SSSR count). The minimum Gasteiger partial charge on any atom is -0.462 e. The highest BCUT2D eigenvalue weighted by atomic mass is 16.5. The first-order chi connectivity index (χ1) is 12.2. The fourth-order valence-corrected chi connectivity index (χ4v) is 3.99. The van der Waals surface area contributed by atoms with E-state index in [4.69, 9.17) is 4.74 Å². The number of esters is 1. The molecule has 0 spiro atoms. The van der Waals surface area contributed by atoms with Crippen LogP contribution in [-0.4, -0.2) is 12.6 Å². The first kappa shape index (κ1) is 20.0. The molecule has 1 aromatic carbocycles. The first-order valence-corrected chi connectivity index (χ1v) is 10.5. The van der Waals surface area contributed by atoms with Crippen LogP contribution in [0.4, 0.5) is 0 Å². The molecule has 1 aliphatic carbocycles. The summed E-state index contributed by atoms with van der Waals surface area (Å²) in [7, 11) is 0. The van der Waals surface area contributed by atoms with Gasteiger partial charge in [-0.2, -0.15) is 0 Å². The zero-order valence-electron chi connectivity index (χ0n) is 16.3. The molecule has 0 unspecified atom stereocenters. The van der Waals surface area contributed by atoms with E-state index in [2.05, 4.69) is 19.1 Å². The van der Waals surface area contributed by atoms with E-state index in [1.807, 2.05) is 19.1 Å². The molecule has 1 fully saturated rings. The third kappa shape index (κ3) is 6.84. The van der Waals surface area contributed by atoms with E-state index in [-0.39, 0.29) is 5.97 Å². The van der Waals surface area contributed by atoms with E-state index < -0.39 is 0 Å². The Morgan fingerprint density at radius 2 is 1.60 bits per heavy atom. The van der Waals surface area contributed by atoms with Crippen LogP contribution < -0.4 is 0 Å². The van der Waals surface area contributed by atoms with Crippen molar-refractivity contribution in [2.24, 2.45) is 5.92 Å². The van der Waals surface area contributed by atoms with Gasteiger partial charge in [-0.3, -0.25) is 0 Å². The molecule has 1 aromatic rings. The molecule has 0 bridgehead atoms. The van der Waals surface area contributed by atoms with Gasteiger partial charge in [-0.1, -0.05) is 64.5 Å². The summed E-state index contributed by atoms with van der Waals surface area (Å²) >= 11 is 0. The smallest absolute Gasteiger partial charge is 0.338 e. The molecule has 0 N–H and O–H groups in total. The number of ether oxygens (including phenoxy) is 1. The SMILES string of the molecule is CCCCCCCC1CCC(c2ccc(C(=O)OCCC)cc2)CC1. The van der Waals surface area contributed by atoms with Gasteiger partial charge in [0, 0.05) is 0 Å². The Balaban J connectivity index is 1.72. The van der Waals surface area contributed by atoms with Crippen LogP contribution in [0.2, 0.25) is 0 Å². The molecule has 1 aliphatic rings. The lowest BCUT2D eigenvalue weighted by Crippen LogP contribution is -2.13. The summed E-state index contributed by atoms with van der Waals surface area (Å²) in [5.41, 5.74) is 2.08. The molecular weight excluding hydrogens is 308 g/mol. The van der Waals surface area contributed by atoms with Gasteiger partial charge in [-0.15, -0.1) is 0 Å². The number of carbonyl (C=O) groups is 1. The van der Waals surface area contributed by atoms with Crippen molar-refractivity contribution in [2.45, 2.75) is 90.4 Å². The van der Waals surface area contributed by atoms with Gasteiger partial charge < -0.3 is 4.74 Å². The van der Waals surface area contributed by atoms with Crippen molar-refractivity contribution < 1.29 is 9.53 Å². The average molecular weight is 345 g/mol. The van der Waals surface area contributed by atoms with Crippen molar-refractivity contribution in [3.63, 3.8) is 0 Å². The van der Waals surface area contributed by atoms with Crippen LogP contribution in [-0.2, 0) is 4.74 Å².